The largest absolute Gasteiger partial charge is 0.369 e. The van der Waals surface area contributed by atoms with Gasteiger partial charge in [-0.2, -0.15) is 11.8 Å². The number of nitrogens with two attached hydrogens (primary N) is 1. The molecule has 1 aliphatic rings. The van der Waals surface area contributed by atoms with Crippen molar-refractivity contribution in [3.63, 3.8) is 0 Å². The first-order chi connectivity index (χ1) is 10.1. The molecule has 1 atom stereocenters. The number of hydrogen-bond acceptors (Lipinski definition) is 3. The maximum Gasteiger partial charge on any atom is 0.227 e. The van der Waals surface area contributed by atoms with Crippen LogP contribution in [0, 0.1) is 0 Å². The van der Waals surface area contributed by atoms with E-state index in [1.807, 2.05) is 29.2 Å². The van der Waals surface area contributed by atoms with Crippen molar-refractivity contribution in [2.75, 3.05) is 18.1 Å². The molecule has 1 aliphatic heterocycles. The highest BCUT2D eigenvalue weighted by atomic mass is 35.5. The van der Waals surface area contributed by atoms with Crippen LogP contribution in [0.5, 0.6) is 0 Å². The summed E-state index contributed by atoms with van der Waals surface area (Å²) in [6, 6.07) is 7.85. The fraction of sp³-hybridized carbons (Fsp3) is 0.467. The Morgan fingerprint density at radius 3 is 2.71 bits per heavy atom. The third-order valence-corrected chi connectivity index (χ3v) is 4.77. The summed E-state index contributed by atoms with van der Waals surface area (Å²) in [7, 11) is 0. The predicted octanol–water partition coefficient (Wildman–Crippen LogP) is 2.61. The lowest BCUT2D eigenvalue weighted by molar-refractivity contribution is -0.131. The molecule has 4 nitrogen and oxygen atoms in total. The Kier molecular flexibility index (Phi) is 5.94. The molecule has 0 aromatic heterocycles. The SMILES string of the molecule is NC(=O)CSCCC(=O)N1CCC[C@H]1c1ccc(Cl)cc1. The lowest BCUT2D eigenvalue weighted by atomic mass is 10.0. The van der Waals surface area contributed by atoms with Crippen LogP contribution in [0.2, 0.25) is 5.02 Å². The summed E-state index contributed by atoms with van der Waals surface area (Å²) in [5.74, 6) is 0.705. The molecule has 1 aromatic carbocycles. The van der Waals surface area contributed by atoms with Crippen LogP contribution in [0.25, 0.3) is 0 Å². The number of carbonyl (C=O) groups is 2. The molecule has 6 heteroatoms. The second kappa shape index (κ2) is 7.71. The number of benzene rings is 1. The van der Waals surface area contributed by atoms with Crippen molar-refractivity contribution in [1.82, 2.24) is 4.90 Å². The summed E-state index contributed by atoms with van der Waals surface area (Å²) in [6.45, 7) is 0.798. The Labute approximate surface area is 134 Å². The minimum absolute atomic E-state index is 0.143. The van der Waals surface area contributed by atoms with Crippen molar-refractivity contribution in [2.24, 2.45) is 5.73 Å². The van der Waals surface area contributed by atoms with Crippen molar-refractivity contribution in [3.8, 4) is 0 Å². The molecule has 0 radical (unpaired) electrons. The van der Waals surface area contributed by atoms with Crippen LogP contribution in [0.1, 0.15) is 30.9 Å². The van der Waals surface area contributed by atoms with Crippen molar-refractivity contribution in [3.05, 3.63) is 34.9 Å². The summed E-state index contributed by atoms with van der Waals surface area (Å²) >= 11 is 7.31. The molecule has 1 fully saturated rings. The van der Waals surface area contributed by atoms with Crippen LogP contribution in [-0.4, -0.2) is 34.8 Å². The fourth-order valence-electron chi connectivity index (χ4n) is 2.57. The van der Waals surface area contributed by atoms with Gasteiger partial charge in [0.25, 0.3) is 0 Å². The molecule has 0 bridgehead atoms. The van der Waals surface area contributed by atoms with Gasteiger partial charge in [0, 0.05) is 23.7 Å². The standard InChI is InChI=1S/C15H19ClN2O2S/c16-12-5-3-11(4-6-12)13-2-1-8-18(13)15(20)7-9-21-10-14(17)19/h3-6,13H,1-2,7-10H2,(H2,17,19)/t13-/m0/s1. The maximum absolute atomic E-state index is 12.3. The van der Waals surface area contributed by atoms with Gasteiger partial charge in [-0.25, -0.2) is 0 Å². The number of thioether (sulfide) groups is 1. The summed E-state index contributed by atoms with van der Waals surface area (Å²) < 4.78 is 0. The van der Waals surface area contributed by atoms with Gasteiger partial charge in [0.05, 0.1) is 11.8 Å². The zero-order valence-corrected chi connectivity index (χ0v) is 13.3. The number of likely N-dealkylation sites (tertiary alicyclic amines) is 1. The van der Waals surface area contributed by atoms with Crippen LogP contribution < -0.4 is 5.73 Å². The van der Waals surface area contributed by atoms with Gasteiger partial charge in [0.1, 0.15) is 0 Å². The maximum atomic E-state index is 12.3. The Morgan fingerprint density at radius 2 is 2.05 bits per heavy atom. The summed E-state index contributed by atoms with van der Waals surface area (Å²) in [5, 5.41) is 0.706. The highest BCUT2D eigenvalue weighted by Crippen LogP contribution is 2.33. The first kappa shape index (κ1) is 16.2. The monoisotopic (exact) mass is 326 g/mol. The third-order valence-electron chi connectivity index (χ3n) is 3.53. The van der Waals surface area contributed by atoms with E-state index in [1.165, 1.54) is 11.8 Å². The molecule has 0 aliphatic carbocycles. The van der Waals surface area contributed by atoms with Gasteiger partial charge in [-0.3, -0.25) is 9.59 Å². The predicted molar refractivity (Wildman–Crippen MR) is 86.3 cm³/mol. The van der Waals surface area contributed by atoms with E-state index in [0.717, 1.165) is 24.9 Å². The van der Waals surface area contributed by atoms with Crippen molar-refractivity contribution < 1.29 is 9.59 Å². The molecule has 0 spiro atoms. The molecule has 1 heterocycles. The first-order valence-corrected chi connectivity index (χ1v) is 8.52. The smallest absolute Gasteiger partial charge is 0.227 e. The third kappa shape index (κ3) is 4.64. The molecule has 0 unspecified atom stereocenters. The van der Waals surface area contributed by atoms with Crippen LogP contribution in [0.4, 0.5) is 0 Å². The van der Waals surface area contributed by atoms with Crippen LogP contribution >= 0.6 is 23.4 Å². The highest BCUT2D eigenvalue weighted by molar-refractivity contribution is 7.99. The van der Waals surface area contributed by atoms with Gasteiger partial charge in [-0.15, -0.1) is 0 Å². The highest BCUT2D eigenvalue weighted by Gasteiger charge is 2.29. The van der Waals surface area contributed by atoms with E-state index < -0.39 is 0 Å². The Balaban J connectivity index is 1.90. The van der Waals surface area contributed by atoms with Gasteiger partial charge in [-0.1, -0.05) is 23.7 Å². The molecular formula is C15H19ClN2O2S. The zero-order valence-electron chi connectivity index (χ0n) is 11.8. The lowest BCUT2D eigenvalue weighted by Gasteiger charge is -2.25. The molecule has 1 aromatic rings. The second-order valence-corrected chi connectivity index (χ2v) is 6.61. The van der Waals surface area contributed by atoms with E-state index in [2.05, 4.69) is 0 Å². The van der Waals surface area contributed by atoms with E-state index in [1.54, 1.807) is 0 Å². The second-order valence-electron chi connectivity index (χ2n) is 5.07. The van der Waals surface area contributed by atoms with Crippen molar-refractivity contribution in [1.29, 1.82) is 0 Å². The number of halogens is 1. The van der Waals surface area contributed by atoms with Gasteiger partial charge < -0.3 is 10.6 Å². The van der Waals surface area contributed by atoms with E-state index in [-0.39, 0.29) is 23.6 Å². The number of primary amides is 1. The van der Waals surface area contributed by atoms with Crippen LogP contribution in [-0.2, 0) is 9.59 Å². The molecule has 114 valence electrons. The van der Waals surface area contributed by atoms with Crippen LogP contribution in [0.15, 0.2) is 24.3 Å². The topological polar surface area (TPSA) is 63.4 Å². The first-order valence-electron chi connectivity index (χ1n) is 6.99. The molecule has 2 rings (SSSR count). The average molecular weight is 327 g/mol. The lowest BCUT2D eigenvalue weighted by Crippen LogP contribution is -2.30. The number of hydrogen-bond donors (Lipinski definition) is 1. The zero-order chi connectivity index (χ0) is 15.2. The molecular weight excluding hydrogens is 308 g/mol. The minimum atomic E-state index is -0.340. The number of carbonyl (C=O) groups excluding carboxylic acids is 2. The quantitative estimate of drug-likeness (QED) is 0.817. The molecule has 0 saturated carbocycles. The minimum Gasteiger partial charge on any atom is -0.369 e. The Hall–Kier alpha value is -1.20. The summed E-state index contributed by atoms with van der Waals surface area (Å²) in [4.78, 5) is 24.9. The summed E-state index contributed by atoms with van der Waals surface area (Å²) in [5.41, 5.74) is 6.21. The van der Waals surface area contributed by atoms with E-state index in [9.17, 15) is 9.59 Å². The Morgan fingerprint density at radius 1 is 1.33 bits per heavy atom. The molecule has 2 N–H and O–H groups in total. The summed E-state index contributed by atoms with van der Waals surface area (Å²) in [6.07, 6.45) is 2.46. The number of rotatable bonds is 6. The average Bonchev–Trinajstić information content (AvgIpc) is 2.93. The van der Waals surface area contributed by atoms with E-state index in [4.69, 9.17) is 17.3 Å². The molecule has 2 amide bonds. The van der Waals surface area contributed by atoms with Gasteiger partial charge >= 0.3 is 0 Å². The van der Waals surface area contributed by atoms with E-state index >= 15 is 0 Å². The number of amides is 2. The van der Waals surface area contributed by atoms with Gasteiger partial charge in [0.15, 0.2) is 0 Å². The molecule has 1 saturated heterocycles. The normalized spacial score (nSPS) is 18.0. The van der Waals surface area contributed by atoms with Crippen molar-refractivity contribution in [2.45, 2.75) is 25.3 Å². The number of nitrogens with zero attached hydrogens (tertiary/aromatic N) is 1. The van der Waals surface area contributed by atoms with Gasteiger partial charge in [0.2, 0.25) is 11.8 Å². The Bertz CT molecular complexity index is 507. The van der Waals surface area contributed by atoms with E-state index in [0.29, 0.717) is 17.2 Å². The van der Waals surface area contributed by atoms with Crippen molar-refractivity contribution >= 4 is 35.2 Å². The molecule has 21 heavy (non-hydrogen) atoms. The van der Waals surface area contributed by atoms with Crippen LogP contribution in [0.3, 0.4) is 0 Å². The fourth-order valence-corrected chi connectivity index (χ4v) is 3.36. The van der Waals surface area contributed by atoms with Gasteiger partial charge in [-0.05, 0) is 30.5 Å².